The van der Waals surface area contributed by atoms with Gasteiger partial charge in [-0.25, -0.2) is 0 Å². The molecule has 0 saturated carbocycles. The van der Waals surface area contributed by atoms with E-state index in [9.17, 15) is 0 Å². The van der Waals surface area contributed by atoms with Crippen LogP contribution in [-0.4, -0.2) is 29.7 Å². The summed E-state index contributed by atoms with van der Waals surface area (Å²) in [6.07, 6.45) is 2.74. The molecule has 0 unspecified atom stereocenters. The van der Waals surface area contributed by atoms with Crippen LogP contribution in [0.4, 0.5) is 0 Å². The van der Waals surface area contributed by atoms with Crippen LogP contribution in [0.1, 0.15) is 11.3 Å². The lowest BCUT2D eigenvalue weighted by Crippen LogP contribution is -2.24. The number of aliphatic hydroxyl groups excluding tert-OH is 1. The summed E-state index contributed by atoms with van der Waals surface area (Å²) in [6.45, 7) is 6.78. The Morgan fingerprint density at radius 2 is 2.43 bits per heavy atom. The fraction of sp³-hybridized carbons (Fsp3) is 0.455. The molecule has 3 heteroatoms. The Balaban J connectivity index is 2.38. The number of rotatable bonds is 7. The highest BCUT2D eigenvalue weighted by atomic mass is 32.1. The van der Waals surface area contributed by atoms with Crippen molar-refractivity contribution in [3.63, 3.8) is 0 Å². The van der Waals surface area contributed by atoms with Crippen LogP contribution in [0.25, 0.3) is 0 Å². The van der Waals surface area contributed by atoms with Crippen LogP contribution < -0.4 is 0 Å². The number of hydrogen-bond acceptors (Lipinski definition) is 3. The van der Waals surface area contributed by atoms with Crippen molar-refractivity contribution < 1.29 is 5.11 Å². The van der Waals surface area contributed by atoms with Crippen LogP contribution >= 0.6 is 11.3 Å². The third-order valence-electron chi connectivity index (χ3n) is 1.98. The predicted molar refractivity (Wildman–Crippen MR) is 61.5 cm³/mol. The molecule has 0 bridgehead atoms. The molecule has 0 amide bonds. The van der Waals surface area contributed by atoms with E-state index < -0.39 is 0 Å². The van der Waals surface area contributed by atoms with Crippen molar-refractivity contribution in [2.75, 3.05) is 19.7 Å². The second-order valence-corrected chi connectivity index (χ2v) is 4.21. The van der Waals surface area contributed by atoms with Gasteiger partial charge < -0.3 is 5.11 Å². The van der Waals surface area contributed by atoms with E-state index in [2.05, 4.69) is 29.0 Å². The van der Waals surface area contributed by atoms with E-state index in [1.165, 1.54) is 4.88 Å². The van der Waals surface area contributed by atoms with Crippen molar-refractivity contribution in [1.29, 1.82) is 0 Å². The van der Waals surface area contributed by atoms with Gasteiger partial charge >= 0.3 is 0 Å². The van der Waals surface area contributed by atoms with Crippen LogP contribution in [0.15, 0.2) is 30.2 Å². The van der Waals surface area contributed by atoms with Gasteiger partial charge in [0.25, 0.3) is 0 Å². The first kappa shape index (κ1) is 11.4. The zero-order valence-electron chi connectivity index (χ0n) is 8.35. The summed E-state index contributed by atoms with van der Waals surface area (Å²) in [5, 5.41) is 10.9. The summed E-state index contributed by atoms with van der Waals surface area (Å²) >= 11 is 1.77. The van der Waals surface area contributed by atoms with Gasteiger partial charge in [-0.3, -0.25) is 4.90 Å². The maximum Gasteiger partial charge on any atom is 0.0443 e. The predicted octanol–water partition coefficient (Wildman–Crippen LogP) is 2.12. The molecule has 0 saturated heterocycles. The van der Waals surface area contributed by atoms with Crippen molar-refractivity contribution in [1.82, 2.24) is 4.90 Å². The highest BCUT2D eigenvalue weighted by molar-refractivity contribution is 7.09. The maximum atomic E-state index is 8.76. The highest BCUT2D eigenvalue weighted by Crippen LogP contribution is 2.11. The second kappa shape index (κ2) is 6.76. The number of thiophene rings is 1. The molecule has 1 aromatic heterocycles. The number of aliphatic hydroxyl groups is 1. The van der Waals surface area contributed by atoms with E-state index in [1.807, 2.05) is 6.08 Å². The molecule has 0 aliphatic rings. The Kier molecular flexibility index (Phi) is 5.52. The SMILES string of the molecule is C=CCN(CCCO)Cc1cccs1. The van der Waals surface area contributed by atoms with E-state index in [1.54, 1.807) is 11.3 Å². The summed E-state index contributed by atoms with van der Waals surface area (Å²) in [5.74, 6) is 0. The molecule has 78 valence electrons. The monoisotopic (exact) mass is 211 g/mol. The molecule has 0 atom stereocenters. The minimum atomic E-state index is 0.262. The Morgan fingerprint density at radius 3 is 3.00 bits per heavy atom. The standard InChI is InChI=1S/C11H17NOS/c1-2-6-12(7-4-8-13)10-11-5-3-9-14-11/h2-3,5,9,13H,1,4,6-8,10H2. The largest absolute Gasteiger partial charge is 0.396 e. The lowest BCUT2D eigenvalue weighted by Gasteiger charge is -2.18. The molecule has 1 aromatic rings. The van der Waals surface area contributed by atoms with Gasteiger partial charge in [-0.2, -0.15) is 0 Å². The average Bonchev–Trinajstić information content (AvgIpc) is 2.67. The molecule has 1 rings (SSSR count). The van der Waals surface area contributed by atoms with Gasteiger partial charge in [0, 0.05) is 31.1 Å². The zero-order valence-corrected chi connectivity index (χ0v) is 9.17. The topological polar surface area (TPSA) is 23.5 Å². The average molecular weight is 211 g/mol. The van der Waals surface area contributed by atoms with Crippen LogP contribution in [0.3, 0.4) is 0 Å². The number of nitrogens with zero attached hydrogens (tertiary/aromatic N) is 1. The van der Waals surface area contributed by atoms with E-state index in [4.69, 9.17) is 5.11 Å². The molecular formula is C11H17NOS. The Morgan fingerprint density at radius 1 is 1.57 bits per heavy atom. The molecule has 2 nitrogen and oxygen atoms in total. The molecule has 0 aliphatic heterocycles. The normalized spacial score (nSPS) is 10.7. The lowest BCUT2D eigenvalue weighted by molar-refractivity contribution is 0.233. The third kappa shape index (κ3) is 4.05. The van der Waals surface area contributed by atoms with Gasteiger partial charge in [0.2, 0.25) is 0 Å². The fourth-order valence-electron chi connectivity index (χ4n) is 1.33. The first-order valence-corrected chi connectivity index (χ1v) is 5.71. The Hall–Kier alpha value is -0.640. The molecule has 1 N–H and O–H groups in total. The summed E-state index contributed by atoms with van der Waals surface area (Å²) in [4.78, 5) is 3.65. The van der Waals surface area contributed by atoms with Crippen molar-refractivity contribution in [2.24, 2.45) is 0 Å². The number of hydrogen-bond donors (Lipinski definition) is 1. The first-order valence-electron chi connectivity index (χ1n) is 4.83. The van der Waals surface area contributed by atoms with Crippen molar-refractivity contribution in [2.45, 2.75) is 13.0 Å². The van der Waals surface area contributed by atoms with Gasteiger partial charge in [-0.1, -0.05) is 12.1 Å². The van der Waals surface area contributed by atoms with Crippen LogP contribution in [0, 0.1) is 0 Å². The molecule has 1 heterocycles. The van der Waals surface area contributed by atoms with Gasteiger partial charge in [-0.05, 0) is 17.9 Å². The van der Waals surface area contributed by atoms with E-state index in [0.29, 0.717) is 0 Å². The molecule has 0 aliphatic carbocycles. The summed E-state index contributed by atoms with van der Waals surface area (Å²) in [7, 11) is 0. The first-order chi connectivity index (χ1) is 6.86. The summed E-state index contributed by atoms with van der Waals surface area (Å²) in [5.41, 5.74) is 0. The highest BCUT2D eigenvalue weighted by Gasteiger charge is 2.03. The van der Waals surface area contributed by atoms with Crippen molar-refractivity contribution in [3.8, 4) is 0 Å². The fourth-order valence-corrected chi connectivity index (χ4v) is 2.08. The zero-order chi connectivity index (χ0) is 10.2. The van der Waals surface area contributed by atoms with Gasteiger partial charge in [0.1, 0.15) is 0 Å². The summed E-state index contributed by atoms with van der Waals surface area (Å²) < 4.78 is 0. The second-order valence-electron chi connectivity index (χ2n) is 3.18. The van der Waals surface area contributed by atoms with E-state index in [0.717, 1.165) is 26.1 Å². The van der Waals surface area contributed by atoms with E-state index in [-0.39, 0.29) is 6.61 Å². The van der Waals surface area contributed by atoms with E-state index >= 15 is 0 Å². The molecule has 0 spiro atoms. The van der Waals surface area contributed by atoms with Crippen molar-refractivity contribution in [3.05, 3.63) is 35.0 Å². The minimum absolute atomic E-state index is 0.262. The maximum absolute atomic E-state index is 8.76. The Labute approximate surface area is 89.5 Å². The Bertz CT molecular complexity index is 246. The van der Waals surface area contributed by atoms with Crippen molar-refractivity contribution >= 4 is 11.3 Å². The van der Waals surface area contributed by atoms with Gasteiger partial charge in [-0.15, -0.1) is 17.9 Å². The minimum Gasteiger partial charge on any atom is -0.396 e. The molecule has 14 heavy (non-hydrogen) atoms. The molecule has 0 radical (unpaired) electrons. The van der Waals surface area contributed by atoms with Crippen LogP contribution in [-0.2, 0) is 6.54 Å². The smallest absolute Gasteiger partial charge is 0.0443 e. The van der Waals surface area contributed by atoms with Gasteiger partial charge in [0.15, 0.2) is 0 Å². The third-order valence-corrected chi connectivity index (χ3v) is 2.84. The quantitative estimate of drug-likeness (QED) is 0.698. The van der Waals surface area contributed by atoms with Gasteiger partial charge in [0.05, 0.1) is 0 Å². The van der Waals surface area contributed by atoms with Crippen LogP contribution in [0.5, 0.6) is 0 Å². The molecular weight excluding hydrogens is 194 g/mol. The lowest BCUT2D eigenvalue weighted by atomic mass is 10.3. The molecule has 0 aromatic carbocycles. The summed E-state index contributed by atoms with van der Waals surface area (Å²) in [6, 6.07) is 4.21. The van der Waals surface area contributed by atoms with Crippen LogP contribution in [0.2, 0.25) is 0 Å². The molecule has 0 fully saturated rings.